The average molecular weight is 364 g/mol. The lowest BCUT2D eigenvalue weighted by Crippen LogP contribution is -2.54. The summed E-state index contributed by atoms with van der Waals surface area (Å²) in [4.78, 5) is 27.1. The number of amides is 2. The summed E-state index contributed by atoms with van der Waals surface area (Å²) in [5, 5.41) is 3.03. The minimum absolute atomic E-state index is 0.0614. The molecule has 2 aromatic carbocycles. The molecule has 4 heteroatoms. The van der Waals surface area contributed by atoms with Crippen LogP contribution in [0.1, 0.15) is 42.9 Å². The Morgan fingerprint density at radius 1 is 1.07 bits per heavy atom. The van der Waals surface area contributed by atoms with Gasteiger partial charge >= 0.3 is 0 Å². The molecule has 0 saturated carbocycles. The Bertz CT molecular complexity index is 786. The molecule has 1 aliphatic rings. The first-order valence-electron chi connectivity index (χ1n) is 9.67. The molecule has 27 heavy (non-hydrogen) atoms. The maximum Gasteiger partial charge on any atom is 0.245 e. The molecule has 1 N–H and O–H groups in total. The third-order valence-corrected chi connectivity index (χ3v) is 5.48. The molecular weight excluding hydrogens is 336 g/mol. The molecule has 1 atom stereocenters. The molecule has 1 saturated heterocycles. The Morgan fingerprint density at radius 3 is 2.48 bits per heavy atom. The van der Waals surface area contributed by atoms with Crippen molar-refractivity contribution in [1.82, 2.24) is 10.2 Å². The van der Waals surface area contributed by atoms with Crippen molar-refractivity contribution in [2.24, 2.45) is 0 Å². The molecule has 142 valence electrons. The van der Waals surface area contributed by atoms with Crippen LogP contribution in [0.5, 0.6) is 0 Å². The van der Waals surface area contributed by atoms with Crippen molar-refractivity contribution in [3.63, 3.8) is 0 Å². The molecule has 0 aliphatic carbocycles. The van der Waals surface area contributed by atoms with Gasteiger partial charge in [-0.25, -0.2) is 0 Å². The van der Waals surface area contributed by atoms with E-state index in [9.17, 15) is 9.59 Å². The summed E-state index contributed by atoms with van der Waals surface area (Å²) in [5.74, 6) is 0.0182. The van der Waals surface area contributed by atoms with Crippen LogP contribution in [0, 0.1) is 6.92 Å². The first kappa shape index (κ1) is 19.2. The van der Waals surface area contributed by atoms with E-state index in [1.165, 1.54) is 11.1 Å². The highest BCUT2D eigenvalue weighted by atomic mass is 16.2. The largest absolute Gasteiger partial charge is 0.350 e. The summed E-state index contributed by atoms with van der Waals surface area (Å²) >= 11 is 0. The zero-order chi connectivity index (χ0) is 19.3. The van der Waals surface area contributed by atoms with Crippen LogP contribution < -0.4 is 5.32 Å². The van der Waals surface area contributed by atoms with Crippen LogP contribution in [0.4, 0.5) is 0 Å². The fraction of sp³-hybridized carbons (Fsp3) is 0.391. The van der Waals surface area contributed by atoms with Gasteiger partial charge in [-0.3, -0.25) is 9.59 Å². The van der Waals surface area contributed by atoms with Crippen LogP contribution in [0.2, 0.25) is 0 Å². The second kappa shape index (κ2) is 8.38. The highest BCUT2D eigenvalue weighted by Crippen LogP contribution is 2.30. The van der Waals surface area contributed by atoms with Gasteiger partial charge in [-0.1, -0.05) is 60.2 Å². The fourth-order valence-corrected chi connectivity index (χ4v) is 3.67. The highest BCUT2D eigenvalue weighted by Gasteiger charge is 2.46. The summed E-state index contributed by atoms with van der Waals surface area (Å²) < 4.78 is 0. The topological polar surface area (TPSA) is 49.4 Å². The number of aryl methyl sites for hydroxylation is 2. The third-order valence-electron chi connectivity index (χ3n) is 5.48. The zero-order valence-electron chi connectivity index (χ0n) is 16.2. The van der Waals surface area contributed by atoms with E-state index in [4.69, 9.17) is 0 Å². The predicted octanol–water partition coefficient (Wildman–Crippen LogP) is 3.63. The molecule has 1 aliphatic heterocycles. The van der Waals surface area contributed by atoms with E-state index < -0.39 is 5.54 Å². The monoisotopic (exact) mass is 364 g/mol. The van der Waals surface area contributed by atoms with Crippen molar-refractivity contribution < 1.29 is 9.59 Å². The molecule has 1 heterocycles. The Morgan fingerprint density at radius 2 is 1.78 bits per heavy atom. The van der Waals surface area contributed by atoms with Crippen molar-refractivity contribution >= 4 is 11.8 Å². The Balaban J connectivity index is 1.58. The molecule has 0 radical (unpaired) electrons. The van der Waals surface area contributed by atoms with Crippen LogP contribution in [0.25, 0.3) is 0 Å². The Kier molecular flexibility index (Phi) is 5.94. The quantitative estimate of drug-likeness (QED) is 0.816. The van der Waals surface area contributed by atoms with Gasteiger partial charge in [-0.15, -0.1) is 0 Å². The van der Waals surface area contributed by atoms with Crippen LogP contribution in [-0.4, -0.2) is 28.8 Å². The van der Waals surface area contributed by atoms with Gasteiger partial charge in [0, 0.05) is 19.5 Å². The molecule has 2 amide bonds. The lowest BCUT2D eigenvalue weighted by Gasteiger charge is -2.34. The Labute approximate surface area is 161 Å². The highest BCUT2D eigenvalue weighted by molar-refractivity contribution is 5.94. The number of hydrogen-bond donors (Lipinski definition) is 1. The second-order valence-electron chi connectivity index (χ2n) is 7.58. The van der Waals surface area contributed by atoms with Crippen LogP contribution >= 0.6 is 0 Å². The van der Waals surface area contributed by atoms with Crippen molar-refractivity contribution in [2.45, 2.75) is 51.6 Å². The van der Waals surface area contributed by atoms with Gasteiger partial charge in [0.2, 0.25) is 11.8 Å². The molecule has 1 fully saturated rings. The summed E-state index contributed by atoms with van der Waals surface area (Å²) in [6.45, 7) is 5.04. The van der Waals surface area contributed by atoms with Crippen LogP contribution in [0.15, 0.2) is 54.6 Å². The smallest absolute Gasteiger partial charge is 0.245 e. The molecule has 0 unspecified atom stereocenters. The normalized spacial score (nSPS) is 19.3. The molecule has 3 rings (SSSR count). The predicted molar refractivity (Wildman–Crippen MR) is 107 cm³/mol. The number of nitrogens with one attached hydrogen (secondary N) is 1. The van der Waals surface area contributed by atoms with Gasteiger partial charge < -0.3 is 10.2 Å². The molecule has 0 spiro atoms. The SMILES string of the molecule is Cc1ccc(CNC(=O)[C@@]2(C)CCC(=O)N2CCCc2ccccc2)cc1. The zero-order valence-corrected chi connectivity index (χ0v) is 16.2. The van der Waals surface area contributed by atoms with Gasteiger partial charge in [-0.05, 0) is 44.2 Å². The van der Waals surface area contributed by atoms with Gasteiger partial charge in [0.15, 0.2) is 0 Å². The number of likely N-dealkylation sites (tertiary alicyclic amines) is 1. The summed E-state index contributed by atoms with van der Waals surface area (Å²) in [6, 6.07) is 18.4. The number of carbonyl (C=O) groups is 2. The van der Waals surface area contributed by atoms with E-state index in [0.29, 0.717) is 25.9 Å². The van der Waals surface area contributed by atoms with Gasteiger partial charge in [-0.2, -0.15) is 0 Å². The second-order valence-corrected chi connectivity index (χ2v) is 7.58. The van der Waals surface area contributed by atoms with Crippen molar-refractivity contribution in [3.8, 4) is 0 Å². The van der Waals surface area contributed by atoms with Gasteiger partial charge in [0.1, 0.15) is 5.54 Å². The minimum atomic E-state index is -0.752. The van der Waals surface area contributed by atoms with E-state index in [-0.39, 0.29) is 11.8 Å². The number of nitrogens with zero attached hydrogens (tertiary/aromatic N) is 1. The van der Waals surface area contributed by atoms with Gasteiger partial charge in [0.25, 0.3) is 0 Å². The molecule has 0 bridgehead atoms. The van der Waals surface area contributed by atoms with Crippen molar-refractivity contribution in [1.29, 1.82) is 0 Å². The standard InChI is InChI=1S/C23H28N2O2/c1-18-10-12-20(13-11-18)17-24-22(27)23(2)15-14-21(26)25(23)16-6-9-19-7-4-3-5-8-19/h3-5,7-8,10-13H,6,9,14-17H2,1-2H3,(H,24,27)/t23-/m1/s1. The molecule has 2 aromatic rings. The average Bonchev–Trinajstić information content (AvgIpc) is 2.98. The summed E-state index contributed by atoms with van der Waals surface area (Å²) in [5.41, 5.74) is 2.77. The first-order valence-corrected chi connectivity index (χ1v) is 9.67. The van der Waals surface area contributed by atoms with Crippen LogP contribution in [-0.2, 0) is 22.6 Å². The molecule has 0 aromatic heterocycles. The van der Waals surface area contributed by atoms with E-state index in [1.54, 1.807) is 4.90 Å². The number of benzene rings is 2. The fourth-order valence-electron chi connectivity index (χ4n) is 3.67. The first-order chi connectivity index (χ1) is 13.0. The van der Waals surface area contributed by atoms with E-state index in [0.717, 1.165) is 18.4 Å². The maximum atomic E-state index is 12.9. The number of rotatable bonds is 7. The van der Waals surface area contributed by atoms with E-state index in [2.05, 4.69) is 17.4 Å². The third kappa shape index (κ3) is 4.57. The lowest BCUT2D eigenvalue weighted by atomic mass is 9.97. The maximum absolute atomic E-state index is 12.9. The summed E-state index contributed by atoms with van der Waals surface area (Å²) in [7, 11) is 0. The Hall–Kier alpha value is -2.62. The lowest BCUT2D eigenvalue weighted by molar-refractivity contribution is -0.140. The minimum Gasteiger partial charge on any atom is -0.350 e. The van der Waals surface area contributed by atoms with Crippen LogP contribution in [0.3, 0.4) is 0 Å². The molecular formula is C23H28N2O2. The van der Waals surface area contributed by atoms with Crippen molar-refractivity contribution in [3.05, 3.63) is 71.3 Å². The van der Waals surface area contributed by atoms with Gasteiger partial charge in [0.05, 0.1) is 0 Å². The van der Waals surface area contributed by atoms with E-state index in [1.807, 2.05) is 56.3 Å². The van der Waals surface area contributed by atoms with Crippen molar-refractivity contribution in [2.75, 3.05) is 6.54 Å². The number of carbonyl (C=O) groups excluding carboxylic acids is 2. The number of hydrogen-bond acceptors (Lipinski definition) is 2. The molecule has 4 nitrogen and oxygen atoms in total. The van der Waals surface area contributed by atoms with E-state index >= 15 is 0 Å². The summed E-state index contributed by atoms with van der Waals surface area (Å²) in [6.07, 6.45) is 2.79.